The number of rotatable bonds is 4. The van der Waals surface area contributed by atoms with Gasteiger partial charge in [-0.05, 0) is 109 Å². The zero-order chi connectivity index (χ0) is 31.8. The highest BCUT2D eigenvalue weighted by Crippen LogP contribution is 2.51. The summed E-state index contributed by atoms with van der Waals surface area (Å²) in [5.41, 5.74) is 10.5. The monoisotopic (exact) mass is 588 g/mol. The van der Waals surface area contributed by atoms with Crippen molar-refractivity contribution in [3.63, 3.8) is 0 Å². The first-order valence-corrected chi connectivity index (χ1v) is 15.5. The summed E-state index contributed by atoms with van der Waals surface area (Å²) in [6, 6.07) is 22.8. The number of aryl methyl sites for hydroxylation is 3. The molecule has 0 saturated carbocycles. The molecule has 3 aromatic carbocycles. The summed E-state index contributed by atoms with van der Waals surface area (Å²) in [6.45, 7) is 18.4. The second kappa shape index (κ2) is 10.1. The van der Waals surface area contributed by atoms with Crippen LogP contribution < -0.4 is 0 Å². The number of nitrogens with zero attached hydrogens (tertiary/aromatic N) is 2. The molecule has 1 aliphatic heterocycles. The molecule has 0 saturated heterocycles. The zero-order valence-corrected chi connectivity index (χ0v) is 27.4. The van der Waals surface area contributed by atoms with E-state index in [1.807, 2.05) is 32.0 Å². The highest BCUT2D eigenvalue weighted by Gasteiger charge is 2.52. The Morgan fingerprint density at radius 1 is 0.705 bits per heavy atom. The van der Waals surface area contributed by atoms with Gasteiger partial charge in [0.2, 0.25) is 0 Å². The average molecular weight is 589 g/mol. The summed E-state index contributed by atoms with van der Waals surface area (Å²) in [4.78, 5) is 9.18. The van der Waals surface area contributed by atoms with Crippen molar-refractivity contribution >= 4 is 11.3 Å². The van der Waals surface area contributed by atoms with Crippen LogP contribution in [-0.2, 0) is 17.8 Å². The van der Waals surface area contributed by atoms with E-state index >= 15 is 8.78 Å². The Labute approximate surface area is 261 Å². The number of alkyl halides is 2. The minimum absolute atomic E-state index is 0.00878. The first-order valence-electron chi connectivity index (χ1n) is 15.5. The first kappa shape index (κ1) is 30.1. The van der Waals surface area contributed by atoms with Crippen LogP contribution in [0.3, 0.4) is 0 Å². The van der Waals surface area contributed by atoms with E-state index in [2.05, 4.69) is 93.1 Å². The van der Waals surface area contributed by atoms with Crippen LogP contribution in [0.15, 0.2) is 84.0 Å². The Kier molecular flexibility index (Phi) is 6.88. The molecule has 6 rings (SSSR count). The van der Waals surface area contributed by atoms with Gasteiger partial charge in [-0.1, -0.05) is 88.4 Å². The first-order chi connectivity index (χ1) is 20.5. The van der Waals surface area contributed by atoms with E-state index in [1.54, 1.807) is 12.3 Å². The van der Waals surface area contributed by atoms with Crippen molar-refractivity contribution in [3.8, 4) is 0 Å². The molecule has 0 bridgehead atoms. The SMILES string of the molecule is Cc1ccc(C2=CC(C)(C)C(C)(C)c3ccccc32)cc1Cc1ccc2c(c1)C(c1cnc(C)c(C)c1)=NC(C)(C)C2(F)F. The maximum absolute atomic E-state index is 15.8. The van der Waals surface area contributed by atoms with Gasteiger partial charge in [0.1, 0.15) is 5.54 Å². The van der Waals surface area contributed by atoms with E-state index in [1.165, 1.54) is 47.2 Å². The lowest BCUT2D eigenvalue weighted by atomic mass is 9.58. The minimum atomic E-state index is -3.10. The fourth-order valence-corrected chi connectivity index (χ4v) is 6.62. The molecule has 0 atom stereocenters. The highest BCUT2D eigenvalue weighted by molar-refractivity contribution is 6.15. The Morgan fingerprint density at radius 2 is 1.43 bits per heavy atom. The largest absolute Gasteiger partial charge is 0.297 e. The summed E-state index contributed by atoms with van der Waals surface area (Å²) >= 11 is 0. The highest BCUT2D eigenvalue weighted by atomic mass is 19.3. The summed E-state index contributed by atoms with van der Waals surface area (Å²) in [6.07, 6.45) is 4.81. The third kappa shape index (κ3) is 4.65. The van der Waals surface area contributed by atoms with Crippen molar-refractivity contribution in [1.29, 1.82) is 0 Å². The molecule has 2 heterocycles. The third-order valence-corrected chi connectivity index (χ3v) is 10.5. The van der Waals surface area contributed by atoms with E-state index in [0.717, 1.165) is 22.4 Å². The molecule has 1 aliphatic carbocycles. The maximum Gasteiger partial charge on any atom is 0.297 e. The molecule has 2 aliphatic rings. The molecular formula is C40H42F2N2. The molecule has 0 spiro atoms. The molecule has 0 N–H and O–H groups in total. The summed E-state index contributed by atoms with van der Waals surface area (Å²) in [7, 11) is 0. The molecule has 0 amide bonds. The van der Waals surface area contributed by atoms with Crippen molar-refractivity contribution in [2.24, 2.45) is 10.4 Å². The second-order valence-corrected chi connectivity index (χ2v) is 14.4. The number of pyridine rings is 1. The van der Waals surface area contributed by atoms with Gasteiger partial charge in [0.05, 0.1) is 5.71 Å². The van der Waals surface area contributed by atoms with E-state index < -0.39 is 11.5 Å². The lowest BCUT2D eigenvalue weighted by Crippen LogP contribution is -2.44. The molecular weight excluding hydrogens is 546 g/mol. The number of fused-ring (bicyclic) bond motifs is 2. The molecule has 0 radical (unpaired) electrons. The number of allylic oxidation sites excluding steroid dienone is 1. The van der Waals surface area contributed by atoms with Gasteiger partial charge in [0, 0.05) is 28.6 Å². The molecule has 0 unspecified atom stereocenters. The van der Waals surface area contributed by atoms with Crippen LogP contribution in [0.25, 0.3) is 5.57 Å². The Bertz CT molecular complexity index is 1870. The average Bonchev–Trinajstić information content (AvgIpc) is 2.96. The normalized spacial score (nSPS) is 19.0. The van der Waals surface area contributed by atoms with E-state index in [-0.39, 0.29) is 16.4 Å². The van der Waals surface area contributed by atoms with Crippen molar-refractivity contribution < 1.29 is 8.78 Å². The van der Waals surface area contributed by atoms with Crippen molar-refractivity contribution in [3.05, 3.63) is 140 Å². The van der Waals surface area contributed by atoms with E-state index in [4.69, 9.17) is 0 Å². The molecule has 4 heteroatoms. The summed E-state index contributed by atoms with van der Waals surface area (Å²) in [5, 5.41) is 0. The van der Waals surface area contributed by atoms with Gasteiger partial charge < -0.3 is 0 Å². The van der Waals surface area contributed by atoms with Gasteiger partial charge in [-0.25, -0.2) is 0 Å². The van der Waals surface area contributed by atoms with E-state index in [0.29, 0.717) is 17.7 Å². The zero-order valence-electron chi connectivity index (χ0n) is 27.4. The molecule has 2 nitrogen and oxygen atoms in total. The third-order valence-electron chi connectivity index (χ3n) is 10.5. The Balaban J connectivity index is 1.43. The topological polar surface area (TPSA) is 25.2 Å². The Hall–Kier alpha value is -3.92. The molecule has 44 heavy (non-hydrogen) atoms. The second-order valence-electron chi connectivity index (χ2n) is 14.4. The number of hydrogen-bond donors (Lipinski definition) is 0. The quantitative estimate of drug-likeness (QED) is 0.233. The predicted octanol–water partition coefficient (Wildman–Crippen LogP) is 10.1. The van der Waals surface area contributed by atoms with Crippen LogP contribution in [0.2, 0.25) is 0 Å². The van der Waals surface area contributed by atoms with E-state index in [9.17, 15) is 0 Å². The van der Waals surface area contributed by atoms with Gasteiger partial charge in [-0.3, -0.25) is 9.98 Å². The van der Waals surface area contributed by atoms with Crippen molar-refractivity contribution in [2.45, 2.75) is 85.6 Å². The number of hydrogen-bond acceptors (Lipinski definition) is 2. The van der Waals surface area contributed by atoms with Gasteiger partial charge >= 0.3 is 0 Å². The van der Waals surface area contributed by atoms with Crippen LogP contribution in [0.4, 0.5) is 8.78 Å². The lowest BCUT2D eigenvalue weighted by Gasteiger charge is -2.45. The van der Waals surface area contributed by atoms with Gasteiger partial charge in [0.15, 0.2) is 0 Å². The van der Waals surface area contributed by atoms with Crippen LogP contribution in [0.1, 0.15) is 103 Å². The van der Waals surface area contributed by atoms with Gasteiger partial charge in [-0.15, -0.1) is 0 Å². The van der Waals surface area contributed by atoms with Gasteiger partial charge in [0.25, 0.3) is 5.92 Å². The number of aliphatic imine (C=N–C) groups is 1. The van der Waals surface area contributed by atoms with Gasteiger partial charge in [-0.2, -0.15) is 8.78 Å². The molecule has 226 valence electrons. The number of halogens is 2. The van der Waals surface area contributed by atoms with Crippen LogP contribution in [0.5, 0.6) is 0 Å². The summed E-state index contributed by atoms with van der Waals surface area (Å²) in [5.74, 6) is -3.10. The van der Waals surface area contributed by atoms with Crippen molar-refractivity contribution in [1.82, 2.24) is 4.98 Å². The fraction of sp³-hybridized carbons (Fsp3) is 0.350. The Morgan fingerprint density at radius 3 is 2.16 bits per heavy atom. The lowest BCUT2D eigenvalue weighted by molar-refractivity contribution is -0.0682. The van der Waals surface area contributed by atoms with Crippen LogP contribution in [0, 0.1) is 26.2 Å². The smallest absolute Gasteiger partial charge is 0.271 e. The molecule has 0 fully saturated rings. The standard InChI is InChI=1S/C40H42F2N2/c1-24-14-16-28(33-22-37(4,5)38(6,7)34-13-11-10-12-31(33)34)21-29(24)19-27-15-17-35-32(20-27)36(44-39(8,9)40(35,41)42)30-18-25(2)26(3)43-23-30/h10-18,20-23H,19H2,1-9H3. The summed E-state index contributed by atoms with van der Waals surface area (Å²) < 4.78 is 31.6. The van der Waals surface area contributed by atoms with Crippen molar-refractivity contribution in [2.75, 3.05) is 0 Å². The molecule has 1 aromatic heterocycles. The fourth-order valence-electron chi connectivity index (χ4n) is 6.62. The number of aromatic nitrogens is 1. The molecule has 4 aromatic rings. The van der Waals surface area contributed by atoms with Crippen LogP contribution in [-0.4, -0.2) is 16.2 Å². The maximum atomic E-state index is 15.8. The predicted molar refractivity (Wildman–Crippen MR) is 178 cm³/mol. The number of benzene rings is 3. The minimum Gasteiger partial charge on any atom is -0.271 e. The van der Waals surface area contributed by atoms with Crippen LogP contribution >= 0.6 is 0 Å².